The Labute approximate surface area is 132 Å². The van der Waals surface area contributed by atoms with Crippen molar-refractivity contribution in [1.29, 1.82) is 0 Å². The molecular formula is C16H13Cl2N3. The molecule has 3 rings (SSSR count). The maximum Gasteiger partial charge on any atom is 0.153 e. The van der Waals surface area contributed by atoms with E-state index in [4.69, 9.17) is 28.9 Å². The zero-order valence-corrected chi connectivity index (χ0v) is 12.8. The maximum absolute atomic E-state index is 6.28. The highest BCUT2D eigenvalue weighted by Gasteiger charge is 2.17. The Morgan fingerprint density at radius 1 is 1.05 bits per heavy atom. The molecule has 5 heteroatoms. The summed E-state index contributed by atoms with van der Waals surface area (Å²) in [6.07, 6.45) is 0. The SMILES string of the molecule is Cc1ccc(-c2[nH]nc(N)c2-c2ccccc2Cl)cc1Cl. The van der Waals surface area contributed by atoms with E-state index in [9.17, 15) is 0 Å². The highest BCUT2D eigenvalue weighted by atomic mass is 35.5. The molecule has 1 heterocycles. The number of aryl methyl sites for hydroxylation is 1. The number of nitrogens with zero attached hydrogens (tertiary/aromatic N) is 1. The molecule has 0 aliphatic rings. The van der Waals surface area contributed by atoms with Crippen molar-refractivity contribution >= 4 is 29.0 Å². The van der Waals surface area contributed by atoms with E-state index in [0.29, 0.717) is 15.9 Å². The first-order chi connectivity index (χ1) is 10.1. The first-order valence-corrected chi connectivity index (χ1v) is 7.19. The quantitative estimate of drug-likeness (QED) is 0.703. The molecule has 106 valence electrons. The number of halogens is 2. The number of hydrogen-bond donors (Lipinski definition) is 2. The lowest BCUT2D eigenvalue weighted by Gasteiger charge is -2.08. The number of aromatic amines is 1. The summed E-state index contributed by atoms with van der Waals surface area (Å²) in [5.74, 6) is 0.412. The molecule has 3 aromatic rings. The van der Waals surface area contributed by atoms with Gasteiger partial charge in [0.05, 0.1) is 11.3 Å². The number of nitrogens with one attached hydrogen (secondary N) is 1. The van der Waals surface area contributed by atoms with Crippen LogP contribution in [0.1, 0.15) is 5.56 Å². The van der Waals surface area contributed by atoms with Crippen molar-refractivity contribution in [2.45, 2.75) is 6.92 Å². The van der Waals surface area contributed by atoms with Crippen LogP contribution in [0.4, 0.5) is 5.82 Å². The van der Waals surface area contributed by atoms with E-state index in [2.05, 4.69) is 10.2 Å². The van der Waals surface area contributed by atoms with Crippen molar-refractivity contribution in [1.82, 2.24) is 10.2 Å². The molecule has 2 aromatic carbocycles. The molecule has 21 heavy (non-hydrogen) atoms. The van der Waals surface area contributed by atoms with Crippen LogP contribution in [0.3, 0.4) is 0 Å². The minimum absolute atomic E-state index is 0.412. The number of benzene rings is 2. The predicted molar refractivity (Wildman–Crippen MR) is 88.6 cm³/mol. The summed E-state index contributed by atoms with van der Waals surface area (Å²) in [5.41, 5.74) is 10.4. The highest BCUT2D eigenvalue weighted by Crippen LogP contribution is 2.38. The largest absolute Gasteiger partial charge is 0.382 e. The fraction of sp³-hybridized carbons (Fsp3) is 0.0625. The molecule has 0 saturated carbocycles. The van der Waals surface area contributed by atoms with Gasteiger partial charge in [-0.1, -0.05) is 53.5 Å². The van der Waals surface area contributed by atoms with E-state index in [0.717, 1.165) is 27.9 Å². The van der Waals surface area contributed by atoms with Crippen LogP contribution in [0.25, 0.3) is 22.4 Å². The van der Waals surface area contributed by atoms with Crippen molar-refractivity contribution in [2.24, 2.45) is 0 Å². The number of aromatic nitrogens is 2. The molecule has 3 nitrogen and oxygen atoms in total. The Morgan fingerprint density at radius 3 is 2.52 bits per heavy atom. The van der Waals surface area contributed by atoms with Gasteiger partial charge in [-0.05, 0) is 24.6 Å². The van der Waals surface area contributed by atoms with Crippen LogP contribution in [-0.2, 0) is 0 Å². The average Bonchev–Trinajstić information content (AvgIpc) is 2.84. The first-order valence-electron chi connectivity index (χ1n) is 6.43. The smallest absolute Gasteiger partial charge is 0.153 e. The van der Waals surface area contributed by atoms with E-state index in [-0.39, 0.29) is 0 Å². The summed E-state index contributed by atoms with van der Waals surface area (Å²) >= 11 is 12.5. The normalized spacial score (nSPS) is 10.8. The number of nitrogen functional groups attached to an aromatic ring is 1. The van der Waals surface area contributed by atoms with Gasteiger partial charge in [0.25, 0.3) is 0 Å². The Morgan fingerprint density at radius 2 is 1.81 bits per heavy atom. The Kier molecular flexibility index (Phi) is 3.62. The second-order valence-electron chi connectivity index (χ2n) is 4.80. The van der Waals surface area contributed by atoms with E-state index < -0.39 is 0 Å². The van der Waals surface area contributed by atoms with Gasteiger partial charge in [-0.2, -0.15) is 5.10 Å². The van der Waals surface area contributed by atoms with Crippen LogP contribution in [0, 0.1) is 6.92 Å². The fourth-order valence-corrected chi connectivity index (χ4v) is 2.66. The summed E-state index contributed by atoms with van der Waals surface area (Å²) in [5, 5.41) is 8.41. The maximum atomic E-state index is 6.28. The van der Waals surface area contributed by atoms with Gasteiger partial charge >= 0.3 is 0 Å². The summed E-state index contributed by atoms with van der Waals surface area (Å²) in [7, 11) is 0. The molecule has 0 radical (unpaired) electrons. The van der Waals surface area contributed by atoms with Gasteiger partial charge in [-0.3, -0.25) is 5.10 Å². The predicted octanol–water partition coefficient (Wildman–Crippen LogP) is 4.94. The van der Waals surface area contributed by atoms with Gasteiger partial charge in [0.2, 0.25) is 0 Å². The van der Waals surface area contributed by atoms with Crippen LogP contribution in [0.5, 0.6) is 0 Å². The monoisotopic (exact) mass is 317 g/mol. The van der Waals surface area contributed by atoms with Crippen molar-refractivity contribution in [3.05, 3.63) is 58.1 Å². The number of nitrogens with two attached hydrogens (primary N) is 1. The average molecular weight is 318 g/mol. The number of anilines is 1. The second kappa shape index (κ2) is 5.43. The standard InChI is InChI=1S/C16H13Cl2N3/c1-9-6-7-10(8-13(9)18)15-14(16(19)21-20-15)11-4-2-3-5-12(11)17/h2-8H,1H3,(H3,19,20,21). The van der Waals surface area contributed by atoms with Gasteiger partial charge in [-0.25, -0.2) is 0 Å². The molecule has 0 fully saturated rings. The number of rotatable bonds is 2. The minimum Gasteiger partial charge on any atom is -0.382 e. The zero-order valence-electron chi connectivity index (χ0n) is 11.3. The molecule has 0 aliphatic carbocycles. The Bertz CT molecular complexity index is 809. The molecular weight excluding hydrogens is 305 g/mol. The van der Waals surface area contributed by atoms with Crippen LogP contribution in [0.15, 0.2) is 42.5 Å². The number of H-pyrrole nitrogens is 1. The lowest BCUT2D eigenvalue weighted by Crippen LogP contribution is -1.90. The van der Waals surface area contributed by atoms with Crippen molar-refractivity contribution in [3.63, 3.8) is 0 Å². The molecule has 0 amide bonds. The van der Waals surface area contributed by atoms with Crippen LogP contribution in [0.2, 0.25) is 10.0 Å². The Hall–Kier alpha value is -1.97. The van der Waals surface area contributed by atoms with Gasteiger partial charge in [-0.15, -0.1) is 0 Å². The molecule has 0 unspecified atom stereocenters. The van der Waals surface area contributed by atoms with Crippen molar-refractivity contribution in [3.8, 4) is 22.4 Å². The molecule has 0 spiro atoms. The van der Waals surface area contributed by atoms with Crippen molar-refractivity contribution in [2.75, 3.05) is 5.73 Å². The minimum atomic E-state index is 0.412. The van der Waals surface area contributed by atoms with Gasteiger partial charge < -0.3 is 5.73 Å². The van der Waals surface area contributed by atoms with Gasteiger partial charge in [0, 0.05) is 21.2 Å². The van der Waals surface area contributed by atoms with E-state index in [1.807, 2.05) is 49.4 Å². The summed E-state index contributed by atoms with van der Waals surface area (Å²) < 4.78 is 0. The second-order valence-corrected chi connectivity index (χ2v) is 5.62. The van der Waals surface area contributed by atoms with Crippen LogP contribution >= 0.6 is 23.2 Å². The third-order valence-corrected chi connectivity index (χ3v) is 4.13. The van der Waals surface area contributed by atoms with Crippen LogP contribution < -0.4 is 5.73 Å². The topological polar surface area (TPSA) is 54.7 Å². The number of hydrogen-bond acceptors (Lipinski definition) is 2. The van der Waals surface area contributed by atoms with E-state index >= 15 is 0 Å². The lowest BCUT2D eigenvalue weighted by atomic mass is 10.00. The van der Waals surface area contributed by atoms with Gasteiger partial charge in [0.15, 0.2) is 5.82 Å². The fourth-order valence-electron chi connectivity index (χ4n) is 2.25. The molecule has 0 atom stereocenters. The summed E-state index contributed by atoms with van der Waals surface area (Å²) in [4.78, 5) is 0. The van der Waals surface area contributed by atoms with Gasteiger partial charge in [0.1, 0.15) is 0 Å². The third kappa shape index (κ3) is 2.50. The van der Waals surface area contributed by atoms with Crippen LogP contribution in [-0.4, -0.2) is 10.2 Å². The molecule has 3 N–H and O–H groups in total. The lowest BCUT2D eigenvalue weighted by molar-refractivity contribution is 1.10. The third-order valence-electron chi connectivity index (χ3n) is 3.40. The molecule has 1 aromatic heterocycles. The van der Waals surface area contributed by atoms with E-state index in [1.54, 1.807) is 0 Å². The summed E-state index contributed by atoms with van der Waals surface area (Å²) in [6, 6.07) is 13.4. The van der Waals surface area contributed by atoms with Crippen molar-refractivity contribution < 1.29 is 0 Å². The highest BCUT2D eigenvalue weighted by molar-refractivity contribution is 6.33. The molecule has 0 aliphatic heterocycles. The summed E-state index contributed by atoms with van der Waals surface area (Å²) in [6.45, 7) is 1.96. The van der Waals surface area contributed by atoms with E-state index in [1.165, 1.54) is 0 Å². The zero-order chi connectivity index (χ0) is 15.0. The molecule has 0 bridgehead atoms. The molecule has 0 saturated heterocycles. The first kappa shape index (κ1) is 14.0. The Balaban J connectivity index is 2.22.